The van der Waals surface area contributed by atoms with Gasteiger partial charge in [-0.2, -0.15) is 0 Å². The number of rotatable bonds is 2. The van der Waals surface area contributed by atoms with Gasteiger partial charge in [-0.15, -0.1) is 0 Å². The Kier molecular flexibility index (Phi) is 2.17. The van der Waals surface area contributed by atoms with Crippen molar-refractivity contribution >= 4 is 0 Å². The van der Waals surface area contributed by atoms with Gasteiger partial charge in [0.25, 0.3) is 0 Å². The molecule has 0 fully saturated rings. The summed E-state index contributed by atoms with van der Waals surface area (Å²) < 4.78 is 7.95. The third kappa shape index (κ3) is 1.69. The number of ether oxygens (including phenoxy) is 1. The second kappa shape index (κ2) is 3.67. The first kappa shape index (κ1) is 9.46. The van der Waals surface area contributed by atoms with Crippen LogP contribution >= 0.6 is 0 Å². The van der Waals surface area contributed by atoms with Gasteiger partial charge < -0.3 is 9.30 Å². The van der Waals surface area contributed by atoms with Gasteiger partial charge in [-0.1, -0.05) is 17.7 Å². The molecule has 1 aromatic heterocycles. The first-order valence-corrected chi connectivity index (χ1v) is 5.53. The van der Waals surface area contributed by atoms with E-state index < -0.39 is 0 Å². The molecular weight excluding hydrogens is 200 g/mol. The van der Waals surface area contributed by atoms with Gasteiger partial charge in [-0.3, -0.25) is 0 Å². The molecule has 0 saturated carbocycles. The monoisotopic (exact) mass is 214 g/mol. The molecule has 3 nitrogen and oxygen atoms in total. The topological polar surface area (TPSA) is 27.1 Å². The number of benzene rings is 1. The smallest absolute Gasteiger partial charge is 0.123 e. The lowest BCUT2D eigenvalue weighted by atomic mass is 10.1. The average Bonchev–Trinajstić information content (AvgIpc) is 2.86. The third-order valence-electron chi connectivity index (χ3n) is 2.93. The first-order valence-electron chi connectivity index (χ1n) is 5.53. The van der Waals surface area contributed by atoms with Crippen molar-refractivity contribution in [1.82, 2.24) is 9.55 Å². The van der Waals surface area contributed by atoms with Crippen LogP contribution in [0.2, 0.25) is 0 Å². The fourth-order valence-electron chi connectivity index (χ4n) is 2.18. The molecular formula is C13H14N2O. The largest absolute Gasteiger partial charge is 0.488 e. The Hall–Kier alpha value is -1.77. The summed E-state index contributed by atoms with van der Waals surface area (Å²) in [5, 5.41) is 0. The van der Waals surface area contributed by atoms with E-state index in [-0.39, 0.29) is 6.10 Å². The van der Waals surface area contributed by atoms with Gasteiger partial charge in [0.15, 0.2) is 0 Å². The van der Waals surface area contributed by atoms with E-state index in [0.29, 0.717) is 0 Å². The Balaban J connectivity index is 1.75. The summed E-state index contributed by atoms with van der Waals surface area (Å²) >= 11 is 0. The Morgan fingerprint density at radius 2 is 2.44 bits per heavy atom. The zero-order chi connectivity index (χ0) is 11.0. The van der Waals surface area contributed by atoms with E-state index >= 15 is 0 Å². The Morgan fingerprint density at radius 1 is 1.50 bits per heavy atom. The number of hydrogen-bond donors (Lipinski definition) is 0. The summed E-state index contributed by atoms with van der Waals surface area (Å²) in [7, 11) is 0. The number of fused-ring (bicyclic) bond motifs is 1. The molecule has 1 aliphatic rings. The zero-order valence-electron chi connectivity index (χ0n) is 9.26. The lowest BCUT2D eigenvalue weighted by molar-refractivity contribution is 0.209. The Bertz CT molecular complexity index is 491. The highest BCUT2D eigenvalue weighted by Gasteiger charge is 2.22. The van der Waals surface area contributed by atoms with E-state index in [2.05, 4.69) is 34.7 Å². The summed E-state index contributed by atoms with van der Waals surface area (Å²) in [6.45, 7) is 2.98. The molecule has 0 aliphatic carbocycles. The van der Waals surface area contributed by atoms with Crippen LogP contribution in [0.4, 0.5) is 0 Å². The van der Waals surface area contributed by atoms with Crippen LogP contribution in [0.5, 0.6) is 5.75 Å². The number of aryl methyl sites for hydroxylation is 1. The lowest BCUT2D eigenvalue weighted by Gasteiger charge is -2.10. The maximum atomic E-state index is 5.89. The normalized spacial score (nSPS) is 18.2. The Labute approximate surface area is 94.7 Å². The number of imidazole rings is 1. The third-order valence-corrected chi connectivity index (χ3v) is 2.93. The van der Waals surface area contributed by atoms with E-state index in [9.17, 15) is 0 Å². The number of nitrogens with zero attached hydrogens (tertiary/aromatic N) is 2. The van der Waals surface area contributed by atoms with Crippen molar-refractivity contribution in [2.45, 2.75) is 26.0 Å². The maximum absolute atomic E-state index is 5.89. The van der Waals surface area contributed by atoms with Crippen molar-refractivity contribution in [2.24, 2.45) is 0 Å². The molecule has 3 rings (SSSR count). The van der Waals surface area contributed by atoms with Crippen molar-refractivity contribution in [3.8, 4) is 5.75 Å². The van der Waals surface area contributed by atoms with Crippen LogP contribution in [0.15, 0.2) is 36.9 Å². The molecule has 1 unspecified atom stereocenters. The summed E-state index contributed by atoms with van der Waals surface area (Å²) in [6.07, 6.45) is 6.84. The van der Waals surface area contributed by atoms with Crippen molar-refractivity contribution in [3.05, 3.63) is 48.0 Å². The predicted octanol–water partition coefficient (Wildman–Crippen LogP) is 2.20. The fourth-order valence-corrected chi connectivity index (χ4v) is 2.18. The number of hydrogen-bond acceptors (Lipinski definition) is 2. The SMILES string of the molecule is Cc1ccc2c(c1)CC(Cn1ccnc1)O2. The average molecular weight is 214 g/mol. The van der Waals surface area contributed by atoms with Gasteiger partial charge in [0, 0.05) is 18.8 Å². The minimum atomic E-state index is 0.242. The second-order valence-electron chi connectivity index (χ2n) is 4.31. The van der Waals surface area contributed by atoms with Gasteiger partial charge in [-0.25, -0.2) is 4.98 Å². The van der Waals surface area contributed by atoms with E-state index in [1.165, 1.54) is 11.1 Å². The van der Waals surface area contributed by atoms with E-state index in [4.69, 9.17) is 4.74 Å². The summed E-state index contributed by atoms with van der Waals surface area (Å²) in [5.74, 6) is 1.04. The number of aromatic nitrogens is 2. The lowest BCUT2D eigenvalue weighted by Crippen LogP contribution is -2.19. The molecule has 0 N–H and O–H groups in total. The minimum Gasteiger partial charge on any atom is -0.488 e. The molecule has 82 valence electrons. The van der Waals surface area contributed by atoms with Crippen LogP contribution in [0.3, 0.4) is 0 Å². The molecule has 3 heteroatoms. The van der Waals surface area contributed by atoms with Gasteiger partial charge in [0.2, 0.25) is 0 Å². The van der Waals surface area contributed by atoms with E-state index in [0.717, 1.165) is 18.7 Å². The highest BCUT2D eigenvalue weighted by atomic mass is 16.5. The standard InChI is InChI=1S/C13H14N2O/c1-10-2-3-13-11(6-10)7-12(16-13)8-15-5-4-14-9-15/h2-6,9,12H,7-8H2,1H3. The van der Waals surface area contributed by atoms with Crippen molar-refractivity contribution in [1.29, 1.82) is 0 Å². The summed E-state index contributed by atoms with van der Waals surface area (Å²) in [4.78, 5) is 4.03. The van der Waals surface area contributed by atoms with Crippen molar-refractivity contribution in [3.63, 3.8) is 0 Å². The summed E-state index contributed by atoms with van der Waals surface area (Å²) in [5.41, 5.74) is 2.62. The van der Waals surface area contributed by atoms with Crippen LogP contribution in [0.25, 0.3) is 0 Å². The van der Waals surface area contributed by atoms with Crippen molar-refractivity contribution < 1.29 is 4.74 Å². The Morgan fingerprint density at radius 3 is 3.25 bits per heavy atom. The van der Waals surface area contributed by atoms with Gasteiger partial charge in [-0.05, 0) is 18.6 Å². The van der Waals surface area contributed by atoms with Gasteiger partial charge in [0.1, 0.15) is 11.9 Å². The predicted molar refractivity (Wildman–Crippen MR) is 61.5 cm³/mol. The van der Waals surface area contributed by atoms with Gasteiger partial charge >= 0.3 is 0 Å². The molecule has 2 heterocycles. The quantitative estimate of drug-likeness (QED) is 0.766. The maximum Gasteiger partial charge on any atom is 0.123 e. The van der Waals surface area contributed by atoms with Crippen LogP contribution < -0.4 is 4.74 Å². The van der Waals surface area contributed by atoms with E-state index in [1.807, 2.05) is 12.5 Å². The van der Waals surface area contributed by atoms with E-state index in [1.54, 1.807) is 6.20 Å². The molecule has 1 aliphatic heterocycles. The molecule has 2 aromatic rings. The first-order chi connectivity index (χ1) is 7.81. The second-order valence-corrected chi connectivity index (χ2v) is 4.31. The van der Waals surface area contributed by atoms with Crippen LogP contribution in [-0.4, -0.2) is 15.7 Å². The summed E-state index contributed by atoms with van der Waals surface area (Å²) in [6, 6.07) is 6.38. The highest BCUT2D eigenvalue weighted by Crippen LogP contribution is 2.29. The van der Waals surface area contributed by atoms with Crippen LogP contribution in [0.1, 0.15) is 11.1 Å². The van der Waals surface area contributed by atoms with Crippen LogP contribution in [-0.2, 0) is 13.0 Å². The molecule has 0 amide bonds. The highest BCUT2D eigenvalue weighted by molar-refractivity contribution is 5.40. The van der Waals surface area contributed by atoms with Gasteiger partial charge in [0.05, 0.1) is 12.9 Å². The molecule has 1 atom stereocenters. The van der Waals surface area contributed by atoms with Crippen molar-refractivity contribution in [2.75, 3.05) is 0 Å². The molecule has 0 bridgehead atoms. The molecule has 0 saturated heterocycles. The zero-order valence-corrected chi connectivity index (χ0v) is 9.26. The fraction of sp³-hybridized carbons (Fsp3) is 0.308. The van der Waals surface area contributed by atoms with Crippen LogP contribution in [0, 0.1) is 6.92 Å². The molecule has 1 aromatic carbocycles. The molecule has 0 spiro atoms. The minimum absolute atomic E-state index is 0.242. The molecule has 16 heavy (non-hydrogen) atoms. The molecule has 0 radical (unpaired) electrons.